The molecule has 3 nitrogen and oxygen atoms in total. The van der Waals surface area contributed by atoms with E-state index >= 15 is 0 Å². The van der Waals surface area contributed by atoms with Crippen LogP contribution in [0.1, 0.15) is 23.6 Å². The van der Waals surface area contributed by atoms with Gasteiger partial charge in [-0.3, -0.25) is 4.79 Å². The molecule has 23 heavy (non-hydrogen) atoms. The van der Waals surface area contributed by atoms with Crippen molar-refractivity contribution in [2.24, 2.45) is 0 Å². The number of hydrogen-bond donors (Lipinski definition) is 0. The first-order valence-electron chi connectivity index (χ1n) is 7.66. The Hall–Kier alpha value is -2.25. The first-order chi connectivity index (χ1) is 11.2. The van der Waals surface area contributed by atoms with Crippen molar-refractivity contribution in [2.45, 2.75) is 25.1 Å². The quantitative estimate of drug-likeness (QED) is 0.860. The lowest BCUT2D eigenvalue weighted by Gasteiger charge is -2.22. The Labute approximate surface area is 140 Å². The maximum absolute atomic E-state index is 12.6. The number of nitriles is 1. The van der Waals surface area contributed by atoms with E-state index in [-0.39, 0.29) is 11.9 Å². The molecule has 1 aliphatic heterocycles. The van der Waals surface area contributed by atoms with Crippen molar-refractivity contribution < 1.29 is 4.79 Å². The normalized spacial score (nSPS) is 16.0. The summed E-state index contributed by atoms with van der Waals surface area (Å²) in [5.74, 6) is 1.25. The zero-order valence-electron chi connectivity index (χ0n) is 13.0. The minimum Gasteiger partial charge on any atom is -0.308 e. The Bertz CT molecular complexity index is 766. The summed E-state index contributed by atoms with van der Waals surface area (Å²) in [5.41, 5.74) is 3.96. The SMILES string of the molecule is C[C@@H]1Cc2ccccc2N1C(=O)CSCc1ccccc1C#N. The van der Waals surface area contributed by atoms with Gasteiger partial charge in [0.1, 0.15) is 0 Å². The molecular formula is C19H18N2OS. The lowest BCUT2D eigenvalue weighted by Crippen LogP contribution is -2.37. The number of para-hydroxylation sites is 1. The molecule has 0 unspecified atom stereocenters. The summed E-state index contributed by atoms with van der Waals surface area (Å²) in [6.07, 6.45) is 0.920. The summed E-state index contributed by atoms with van der Waals surface area (Å²) in [5, 5.41) is 9.11. The number of rotatable bonds is 4. The second-order valence-electron chi connectivity index (χ2n) is 5.71. The van der Waals surface area contributed by atoms with Crippen LogP contribution < -0.4 is 4.90 Å². The molecule has 0 aliphatic carbocycles. The van der Waals surface area contributed by atoms with E-state index in [9.17, 15) is 4.79 Å². The second-order valence-corrected chi connectivity index (χ2v) is 6.69. The Morgan fingerprint density at radius 1 is 1.26 bits per heavy atom. The number of nitrogens with zero attached hydrogens (tertiary/aromatic N) is 2. The van der Waals surface area contributed by atoms with Gasteiger partial charge in [0.2, 0.25) is 5.91 Å². The van der Waals surface area contributed by atoms with E-state index < -0.39 is 0 Å². The topological polar surface area (TPSA) is 44.1 Å². The molecular weight excluding hydrogens is 304 g/mol. The van der Waals surface area contributed by atoms with Crippen LogP contribution in [0.15, 0.2) is 48.5 Å². The molecule has 1 heterocycles. The maximum atomic E-state index is 12.6. The number of fused-ring (bicyclic) bond motifs is 1. The van der Waals surface area contributed by atoms with Gasteiger partial charge in [0.25, 0.3) is 0 Å². The highest BCUT2D eigenvalue weighted by Gasteiger charge is 2.30. The molecule has 1 aliphatic rings. The van der Waals surface area contributed by atoms with Crippen LogP contribution in [0.4, 0.5) is 5.69 Å². The average Bonchev–Trinajstić information content (AvgIpc) is 2.91. The third-order valence-corrected chi connectivity index (χ3v) is 5.06. The predicted molar refractivity (Wildman–Crippen MR) is 94.4 cm³/mol. The lowest BCUT2D eigenvalue weighted by molar-refractivity contribution is -0.116. The van der Waals surface area contributed by atoms with Gasteiger partial charge in [0.05, 0.1) is 17.4 Å². The number of carbonyl (C=O) groups excluding carboxylic acids is 1. The Kier molecular flexibility index (Phi) is 4.68. The van der Waals surface area contributed by atoms with Crippen molar-refractivity contribution in [3.8, 4) is 6.07 Å². The molecule has 2 aromatic carbocycles. The summed E-state index contributed by atoms with van der Waals surface area (Å²) in [7, 11) is 0. The molecule has 3 rings (SSSR count). The predicted octanol–water partition coefficient (Wildman–Crippen LogP) is 3.77. The second kappa shape index (κ2) is 6.89. The molecule has 0 radical (unpaired) electrons. The molecule has 116 valence electrons. The number of benzene rings is 2. The summed E-state index contributed by atoms with van der Waals surface area (Å²) < 4.78 is 0. The molecule has 2 aromatic rings. The van der Waals surface area contributed by atoms with Gasteiger partial charge in [0, 0.05) is 17.5 Å². The van der Waals surface area contributed by atoms with E-state index in [4.69, 9.17) is 5.26 Å². The highest BCUT2D eigenvalue weighted by molar-refractivity contribution is 7.99. The van der Waals surface area contributed by atoms with Gasteiger partial charge in [-0.1, -0.05) is 36.4 Å². The van der Waals surface area contributed by atoms with Crippen LogP contribution in [0.2, 0.25) is 0 Å². The van der Waals surface area contributed by atoms with Gasteiger partial charge < -0.3 is 4.90 Å². The molecule has 0 fully saturated rings. The van der Waals surface area contributed by atoms with Crippen LogP contribution in [0.25, 0.3) is 0 Å². The third-order valence-electron chi connectivity index (χ3n) is 4.10. The summed E-state index contributed by atoms with van der Waals surface area (Å²) in [4.78, 5) is 14.5. The monoisotopic (exact) mass is 322 g/mol. The van der Waals surface area contributed by atoms with E-state index in [1.807, 2.05) is 47.4 Å². The van der Waals surface area contributed by atoms with Crippen molar-refractivity contribution in [3.05, 3.63) is 65.2 Å². The van der Waals surface area contributed by atoms with Crippen LogP contribution in [-0.4, -0.2) is 17.7 Å². The van der Waals surface area contributed by atoms with Gasteiger partial charge in [-0.25, -0.2) is 0 Å². The number of carbonyl (C=O) groups is 1. The summed E-state index contributed by atoms with van der Waals surface area (Å²) in [6, 6.07) is 18.1. The fourth-order valence-electron chi connectivity index (χ4n) is 3.02. The third kappa shape index (κ3) is 3.25. The zero-order chi connectivity index (χ0) is 16.2. The van der Waals surface area contributed by atoms with Crippen LogP contribution in [0, 0.1) is 11.3 Å². The van der Waals surface area contributed by atoms with Crippen molar-refractivity contribution in [3.63, 3.8) is 0 Å². The molecule has 4 heteroatoms. The summed E-state index contributed by atoms with van der Waals surface area (Å²) in [6.45, 7) is 2.09. The highest BCUT2D eigenvalue weighted by atomic mass is 32.2. The van der Waals surface area contributed by atoms with Gasteiger partial charge in [-0.15, -0.1) is 11.8 Å². The Morgan fingerprint density at radius 3 is 2.83 bits per heavy atom. The Balaban J connectivity index is 1.63. The van der Waals surface area contributed by atoms with Crippen LogP contribution in [0.5, 0.6) is 0 Å². The van der Waals surface area contributed by atoms with Crippen molar-refractivity contribution in [1.29, 1.82) is 5.26 Å². The standard InChI is InChI=1S/C19H18N2OS/c1-14-10-15-6-4-5-9-18(15)21(14)19(22)13-23-12-17-8-3-2-7-16(17)11-20/h2-9,14H,10,12-13H2,1H3/t14-/m1/s1. The number of thioether (sulfide) groups is 1. The van der Waals surface area contributed by atoms with Crippen molar-refractivity contribution in [2.75, 3.05) is 10.7 Å². The number of anilines is 1. The van der Waals surface area contributed by atoms with E-state index in [2.05, 4.69) is 19.1 Å². The molecule has 0 N–H and O–H groups in total. The van der Waals surface area contributed by atoms with Crippen molar-refractivity contribution >= 4 is 23.4 Å². The average molecular weight is 322 g/mol. The minimum absolute atomic E-state index is 0.141. The maximum Gasteiger partial charge on any atom is 0.237 e. The molecule has 0 bridgehead atoms. The largest absolute Gasteiger partial charge is 0.308 e. The molecule has 0 saturated carbocycles. The van der Waals surface area contributed by atoms with Crippen LogP contribution in [-0.2, 0) is 17.0 Å². The first-order valence-corrected chi connectivity index (χ1v) is 8.82. The smallest absolute Gasteiger partial charge is 0.237 e. The van der Waals surface area contributed by atoms with Crippen LogP contribution in [0.3, 0.4) is 0 Å². The minimum atomic E-state index is 0.141. The molecule has 0 aromatic heterocycles. The van der Waals surface area contributed by atoms with E-state index in [1.165, 1.54) is 5.56 Å². The van der Waals surface area contributed by atoms with E-state index in [0.717, 1.165) is 17.7 Å². The van der Waals surface area contributed by atoms with Crippen molar-refractivity contribution in [1.82, 2.24) is 0 Å². The fraction of sp³-hybridized carbons (Fsp3) is 0.263. The van der Waals surface area contributed by atoms with Gasteiger partial charge >= 0.3 is 0 Å². The Morgan fingerprint density at radius 2 is 2.00 bits per heavy atom. The van der Waals surface area contributed by atoms with E-state index in [1.54, 1.807) is 11.8 Å². The number of hydrogen-bond acceptors (Lipinski definition) is 3. The van der Waals surface area contributed by atoms with Gasteiger partial charge in [-0.2, -0.15) is 5.26 Å². The zero-order valence-corrected chi connectivity index (χ0v) is 13.8. The molecule has 1 atom stereocenters. The molecule has 1 amide bonds. The molecule has 0 saturated heterocycles. The van der Waals surface area contributed by atoms with Crippen LogP contribution >= 0.6 is 11.8 Å². The fourth-order valence-corrected chi connectivity index (χ4v) is 3.91. The van der Waals surface area contributed by atoms with E-state index in [0.29, 0.717) is 17.1 Å². The van der Waals surface area contributed by atoms with Gasteiger partial charge in [0.15, 0.2) is 0 Å². The number of amides is 1. The molecule has 0 spiro atoms. The highest BCUT2D eigenvalue weighted by Crippen LogP contribution is 2.32. The van der Waals surface area contributed by atoms with Gasteiger partial charge in [-0.05, 0) is 36.6 Å². The lowest BCUT2D eigenvalue weighted by atomic mass is 10.1. The summed E-state index contributed by atoms with van der Waals surface area (Å²) >= 11 is 1.57. The first kappa shape index (κ1) is 15.6.